The number of carbonyl (C=O) groups is 1. The minimum absolute atomic E-state index is 0.00957. The maximum atomic E-state index is 13.2. The molecule has 122 valence electrons. The Morgan fingerprint density at radius 3 is 2.95 bits per heavy atom. The van der Waals surface area contributed by atoms with Gasteiger partial charge in [-0.15, -0.1) is 0 Å². The third-order valence-corrected chi connectivity index (χ3v) is 3.89. The standard InChI is InChI=1S/C17H26FN3O/c1-17(2,19)12-20-16(22)14-6-4-8-21(11-14)10-13-5-3-7-15(18)9-13/h3,5,7,9,14H,4,6,8,10-12,19H2,1-2H3,(H,20,22). The van der Waals surface area contributed by atoms with Crippen LogP contribution in [0.5, 0.6) is 0 Å². The van der Waals surface area contributed by atoms with E-state index in [1.807, 2.05) is 19.9 Å². The Hall–Kier alpha value is -1.46. The van der Waals surface area contributed by atoms with E-state index in [1.54, 1.807) is 12.1 Å². The van der Waals surface area contributed by atoms with Crippen LogP contribution in [0.2, 0.25) is 0 Å². The van der Waals surface area contributed by atoms with E-state index in [1.165, 1.54) is 6.07 Å². The Balaban J connectivity index is 1.87. The summed E-state index contributed by atoms with van der Waals surface area (Å²) in [6.45, 7) is 6.61. The van der Waals surface area contributed by atoms with Crippen molar-refractivity contribution in [3.05, 3.63) is 35.6 Å². The fourth-order valence-electron chi connectivity index (χ4n) is 2.77. The third kappa shape index (κ3) is 5.39. The quantitative estimate of drug-likeness (QED) is 0.873. The number of hydrogen-bond donors (Lipinski definition) is 2. The maximum Gasteiger partial charge on any atom is 0.224 e. The van der Waals surface area contributed by atoms with Crippen LogP contribution >= 0.6 is 0 Å². The number of amides is 1. The van der Waals surface area contributed by atoms with Gasteiger partial charge in [0.2, 0.25) is 5.91 Å². The molecular weight excluding hydrogens is 281 g/mol. The second-order valence-electron chi connectivity index (χ2n) is 6.91. The van der Waals surface area contributed by atoms with Gasteiger partial charge in [-0.2, -0.15) is 0 Å². The maximum absolute atomic E-state index is 13.2. The van der Waals surface area contributed by atoms with Crippen molar-refractivity contribution >= 4 is 5.91 Å². The van der Waals surface area contributed by atoms with E-state index in [-0.39, 0.29) is 17.6 Å². The molecule has 5 heteroatoms. The lowest BCUT2D eigenvalue weighted by molar-refractivity contribution is -0.127. The molecule has 0 saturated carbocycles. The summed E-state index contributed by atoms with van der Waals surface area (Å²) in [5.74, 6) is -0.152. The van der Waals surface area contributed by atoms with Crippen LogP contribution in [0, 0.1) is 11.7 Å². The molecule has 0 aromatic heterocycles. The molecule has 1 heterocycles. The summed E-state index contributed by atoms with van der Waals surface area (Å²) in [6.07, 6.45) is 1.88. The smallest absolute Gasteiger partial charge is 0.224 e. The first kappa shape index (κ1) is 16.9. The van der Waals surface area contributed by atoms with Crippen molar-refractivity contribution in [2.45, 2.75) is 38.8 Å². The highest BCUT2D eigenvalue weighted by Gasteiger charge is 2.26. The summed E-state index contributed by atoms with van der Waals surface area (Å²) in [6, 6.07) is 6.65. The first-order valence-corrected chi connectivity index (χ1v) is 7.87. The predicted octanol–water partition coefficient (Wildman–Crippen LogP) is 1.89. The average molecular weight is 307 g/mol. The number of nitrogens with zero attached hydrogens (tertiary/aromatic N) is 1. The van der Waals surface area contributed by atoms with Crippen LogP contribution in [0.25, 0.3) is 0 Å². The zero-order chi connectivity index (χ0) is 16.2. The topological polar surface area (TPSA) is 58.4 Å². The molecular formula is C17H26FN3O. The molecule has 1 aromatic rings. The van der Waals surface area contributed by atoms with Gasteiger partial charge in [0.15, 0.2) is 0 Å². The van der Waals surface area contributed by atoms with Crippen molar-refractivity contribution in [2.75, 3.05) is 19.6 Å². The van der Waals surface area contributed by atoms with Crippen LogP contribution in [0.15, 0.2) is 24.3 Å². The Morgan fingerprint density at radius 2 is 2.27 bits per heavy atom. The van der Waals surface area contributed by atoms with Crippen molar-refractivity contribution in [3.8, 4) is 0 Å². The van der Waals surface area contributed by atoms with E-state index in [2.05, 4.69) is 10.2 Å². The highest BCUT2D eigenvalue weighted by molar-refractivity contribution is 5.79. The van der Waals surface area contributed by atoms with Crippen molar-refractivity contribution in [1.82, 2.24) is 10.2 Å². The van der Waals surface area contributed by atoms with E-state index in [9.17, 15) is 9.18 Å². The van der Waals surface area contributed by atoms with Gasteiger partial charge in [-0.25, -0.2) is 4.39 Å². The normalized spacial score (nSPS) is 19.9. The van der Waals surface area contributed by atoms with E-state index in [0.29, 0.717) is 19.6 Å². The van der Waals surface area contributed by atoms with Crippen LogP contribution in [0.1, 0.15) is 32.3 Å². The Kier molecular flexibility index (Phi) is 5.53. The number of benzene rings is 1. The molecule has 0 bridgehead atoms. The lowest BCUT2D eigenvalue weighted by Crippen LogP contribution is -2.49. The Labute approximate surface area is 131 Å². The first-order chi connectivity index (χ1) is 10.3. The van der Waals surface area contributed by atoms with Crippen molar-refractivity contribution < 1.29 is 9.18 Å². The summed E-state index contributed by atoms with van der Waals surface area (Å²) in [5, 5.41) is 2.94. The molecule has 22 heavy (non-hydrogen) atoms. The van der Waals surface area contributed by atoms with Crippen LogP contribution in [0.4, 0.5) is 4.39 Å². The van der Waals surface area contributed by atoms with Crippen molar-refractivity contribution in [2.24, 2.45) is 11.7 Å². The molecule has 0 aliphatic carbocycles. The van der Waals surface area contributed by atoms with Gasteiger partial charge in [0.1, 0.15) is 5.82 Å². The molecule has 1 fully saturated rings. The molecule has 1 saturated heterocycles. The van der Waals surface area contributed by atoms with Gasteiger partial charge < -0.3 is 11.1 Å². The summed E-state index contributed by atoms with van der Waals surface area (Å²) in [4.78, 5) is 14.5. The Morgan fingerprint density at radius 1 is 1.50 bits per heavy atom. The zero-order valence-corrected chi connectivity index (χ0v) is 13.4. The molecule has 1 unspecified atom stereocenters. The minimum Gasteiger partial charge on any atom is -0.354 e. The van der Waals surface area contributed by atoms with E-state index in [0.717, 1.165) is 24.9 Å². The van der Waals surface area contributed by atoms with Gasteiger partial charge in [0.25, 0.3) is 0 Å². The SMILES string of the molecule is CC(C)(N)CNC(=O)C1CCCN(Cc2cccc(F)c2)C1. The van der Waals surface area contributed by atoms with E-state index in [4.69, 9.17) is 5.73 Å². The average Bonchev–Trinajstić information content (AvgIpc) is 2.44. The number of carbonyl (C=O) groups excluding carboxylic acids is 1. The fourth-order valence-corrected chi connectivity index (χ4v) is 2.77. The number of nitrogens with two attached hydrogens (primary N) is 1. The second kappa shape index (κ2) is 7.20. The first-order valence-electron chi connectivity index (χ1n) is 7.87. The molecule has 4 nitrogen and oxygen atoms in total. The van der Waals surface area contributed by atoms with Gasteiger partial charge in [-0.3, -0.25) is 9.69 Å². The number of nitrogens with one attached hydrogen (secondary N) is 1. The largest absolute Gasteiger partial charge is 0.354 e. The van der Waals surface area contributed by atoms with Crippen LogP contribution in [0.3, 0.4) is 0 Å². The molecule has 0 radical (unpaired) electrons. The summed E-state index contributed by atoms with van der Waals surface area (Å²) >= 11 is 0. The lowest BCUT2D eigenvalue weighted by Gasteiger charge is -2.32. The number of piperidine rings is 1. The van der Waals surface area contributed by atoms with Crippen LogP contribution < -0.4 is 11.1 Å². The second-order valence-corrected chi connectivity index (χ2v) is 6.91. The molecule has 1 aliphatic rings. The minimum atomic E-state index is -0.397. The summed E-state index contributed by atoms with van der Waals surface area (Å²) in [7, 11) is 0. The Bertz CT molecular complexity index is 513. The van der Waals surface area contributed by atoms with E-state index < -0.39 is 5.54 Å². The molecule has 1 amide bonds. The van der Waals surface area contributed by atoms with Crippen molar-refractivity contribution in [1.29, 1.82) is 0 Å². The van der Waals surface area contributed by atoms with Gasteiger partial charge in [0.05, 0.1) is 5.92 Å². The van der Waals surface area contributed by atoms with Crippen LogP contribution in [-0.4, -0.2) is 36.0 Å². The summed E-state index contributed by atoms with van der Waals surface area (Å²) < 4.78 is 13.2. The van der Waals surface area contributed by atoms with Crippen LogP contribution in [-0.2, 0) is 11.3 Å². The van der Waals surface area contributed by atoms with E-state index >= 15 is 0 Å². The van der Waals surface area contributed by atoms with Gasteiger partial charge in [0, 0.05) is 25.2 Å². The van der Waals surface area contributed by atoms with Gasteiger partial charge >= 0.3 is 0 Å². The highest BCUT2D eigenvalue weighted by Crippen LogP contribution is 2.19. The molecule has 1 atom stereocenters. The molecule has 3 N–H and O–H groups in total. The predicted molar refractivity (Wildman–Crippen MR) is 85.7 cm³/mol. The number of hydrogen-bond acceptors (Lipinski definition) is 3. The van der Waals surface area contributed by atoms with Gasteiger partial charge in [-0.1, -0.05) is 12.1 Å². The number of halogens is 1. The molecule has 1 aliphatic heterocycles. The fraction of sp³-hybridized carbons (Fsp3) is 0.588. The molecule has 2 rings (SSSR count). The lowest BCUT2D eigenvalue weighted by atomic mass is 9.96. The molecule has 0 spiro atoms. The van der Waals surface area contributed by atoms with Crippen molar-refractivity contribution in [3.63, 3.8) is 0 Å². The summed E-state index contributed by atoms with van der Waals surface area (Å²) in [5.41, 5.74) is 6.45. The third-order valence-electron chi connectivity index (χ3n) is 3.89. The molecule has 1 aromatic carbocycles. The monoisotopic (exact) mass is 307 g/mol. The number of likely N-dealkylation sites (tertiary alicyclic amines) is 1. The number of rotatable bonds is 5. The zero-order valence-electron chi connectivity index (χ0n) is 13.4. The van der Waals surface area contributed by atoms with Gasteiger partial charge in [-0.05, 0) is 50.9 Å². The highest BCUT2D eigenvalue weighted by atomic mass is 19.1.